The molecule has 0 amide bonds. The number of fused-ring (bicyclic) bond motifs is 7. The first-order chi connectivity index (χ1) is 23.4. The molecule has 0 fully saturated rings. The van der Waals surface area contributed by atoms with Crippen LogP contribution in [-0.2, 0) is 15.1 Å². The Morgan fingerprint density at radius 3 is 2.12 bits per heavy atom. The summed E-state index contributed by atoms with van der Waals surface area (Å²) >= 11 is 4.23. The Balaban J connectivity index is 0.868. The van der Waals surface area contributed by atoms with Crippen molar-refractivity contribution in [3.63, 3.8) is 0 Å². The van der Waals surface area contributed by atoms with Gasteiger partial charge in [0.1, 0.15) is 5.56 Å². The number of aliphatic hydroxyl groups is 1. The fraction of sp³-hybridized carbons (Fsp3) is 0.242. The Bertz CT molecular complexity index is 1910. The van der Waals surface area contributed by atoms with Crippen LogP contribution in [0.5, 0.6) is 28.9 Å². The van der Waals surface area contributed by atoms with Crippen LogP contribution in [0, 0.1) is 0 Å². The number of rotatable bonds is 18. The van der Waals surface area contributed by atoms with Gasteiger partial charge in [0.2, 0.25) is 11.5 Å². The van der Waals surface area contributed by atoms with Crippen molar-refractivity contribution in [2.24, 2.45) is 0 Å². The van der Waals surface area contributed by atoms with E-state index in [1.54, 1.807) is 12.1 Å². The average molecular weight is 993 g/mol. The minimum atomic E-state index is -1.14. The number of esters is 1. The van der Waals surface area contributed by atoms with Crippen molar-refractivity contribution >= 4 is 64.4 Å². The Morgan fingerprint density at radius 2 is 1.58 bits per heavy atom. The Labute approximate surface area is 309 Å². The summed E-state index contributed by atoms with van der Waals surface area (Å²) in [5.41, 5.74) is 3.32. The molecule has 7 rings (SSSR count). The third kappa shape index (κ3) is 6.81. The number of carbonyl (C=O) groups excluding carboxylic acids is 1. The van der Waals surface area contributed by atoms with Gasteiger partial charge < -0.3 is 23.4 Å². The third-order valence-electron chi connectivity index (χ3n) is 7.75. The van der Waals surface area contributed by atoms with Gasteiger partial charge in [-0.1, -0.05) is 6.58 Å². The Kier molecular flexibility index (Phi) is 10.2. The summed E-state index contributed by atoms with van der Waals surface area (Å²) in [6.45, 7) is 5.05. The minimum absolute atomic E-state index is 0.219. The summed E-state index contributed by atoms with van der Waals surface area (Å²) in [6.07, 6.45) is -0.0247. The fourth-order valence-corrected chi connectivity index (χ4v) is 9.62. The maximum absolute atomic E-state index is 12.4. The molecular weight excluding hydrogens is 965 g/mol. The third-order valence-corrected chi connectivity index (χ3v) is 10.9. The first-order valence-electron chi connectivity index (χ1n) is 14.8. The predicted octanol–water partition coefficient (Wildman–Crippen LogP) is 4.12. The number of ether oxygens (including phenoxy) is 6. The standard InChI is InChI=1S/C33H28I3N2O10/c1-18-25-17-24(32(45-18)47-25)31(40)44-15-3-13-42-22-10-6-20(7-11-22)33(37-35,38-36-34)19-4-8-21(9-5-19)41-12-2-14-43-30(39)23-16-26-28-29(48-28)27(23)46-26/h4-11,16-17,31,37-38,40H,1-3,12-15H2/q-1. The van der Waals surface area contributed by atoms with E-state index in [9.17, 15) is 9.90 Å². The molecule has 3 aromatic heterocycles. The van der Waals surface area contributed by atoms with Crippen molar-refractivity contribution in [1.29, 1.82) is 0 Å². The molecule has 48 heavy (non-hydrogen) atoms. The van der Waals surface area contributed by atoms with Crippen LogP contribution in [0.4, 0.5) is 0 Å². The SMILES string of the molecule is C=C1Oc2oc1cc2C(O)OCCCOc1ccc(C(NI)(N[I-]I)c2ccc(OCCCOC(=O)c3cc4oc3c3c4O3)cc2)cc1. The molecule has 252 valence electrons. The van der Waals surface area contributed by atoms with Crippen molar-refractivity contribution in [2.45, 2.75) is 24.8 Å². The van der Waals surface area contributed by atoms with Gasteiger partial charge in [0.15, 0.2) is 22.7 Å². The summed E-state index contributed by atoms with van der Waals surface area (Å²) in [5, 5.41) is 10.3. The van der Waals surface area contributed by atoms with Crippen molar-refractivity contribution < 1.29 is 64.7 Å². The van der Waals surface area contributed by atoms with Crippen LogP contribution in [0.1, 0.15) is 51.9 Å². The number of hydrogen-bond donors (Lipinski definition) is 3. The van der Waals surface area contributed by atoms with Gasteiger partial charge in [0.05, 0.1) is 5.56 Å². The van der Waals surface area contributed by atoms with Crippen molar-refractivity contribution in [3.8, 4) is 28.9 Å². The van der Waals surface area contributed by atoms with E-state index in [2.05, 4.69) is 55.1 Å². The second-order valence-corrected chi connectivity index (χ2v) is 15.0. The fourth-order valence-electron chi connectivity index (χ4n) is 5.24. The summed E-state index contributed by atoms with van der Waals surface area (Å²) in [6, 6.07) is 19.2. The molecule has 2 unspecified atom stereocenters. The first-order valence-corrected chi connectivity index (χ1v) is 23.3. The van der Waals surface area contributed by atoms with E-state index < -0.39 is 17.9 Å². The van der Waals surface area contributed by atoms with E-state index in [0.717, 1.165) is 28.4 Å². The van der Waals surface area contributed by atoms with Crippen molar-refractivity contribution in [1.82, 2.24) is 7.06 Å². The van der Waals surface area contributed by atoms with Crippen molar-refractivity contribution in [2.75, 3.05) is 26.4 Å². The molecule has 0 saturated carbocycles. The van der Waals surface area contributed by atoms with Crippen LogP contribution in [0.25, 0.3) is 16.9 Å². The first kappa shape index (κ1) is 33.7. The van der Waals surface area contributed by atoms with Crippen LogP contribution in [0.15, 0.2) is 76.1 Å². The molecular formula is C33H28I3N2O10-. The van der Waals surface area contributed by atoms with E-state index >= 15 is 0 Å². The van der Waals surface area contributed by atoms with Gasteiger partial charge in [-0.05, 0) is 0 Å². The molecule has 2 aliphatic rings. The zero-order valence-corrected chi connectivity index (χ0v) is 31.5. The van der Waals surface area contributed by atoms with Gasteiger partial charge in [0.25, 0.3) is 5.95 Å². The van der Waals surface area contributed by atoms with E-state index in [0.29, 0.717) is 72.2 Å². The number of furan rings is 3. The summed E-state index contributed by atoms with van der Waals surface area (Å²) in [4.78, 5) is 12.4. The molecule has 2 atom stereocenters. The van der Waals surface area contributed by atoms with E-state index in [-0.39, 0.29) is 30.1 Å². The van der Waals surface area contributed by atoms with Gasteiger partial charge in [-0.2, -0.15) is 0 Å². The van der Waals surface area contributed by atoms with Crippen LogP contribution in [0.3, 0.4) is 0 Å². The van der Waals surface area contributed by atoms with Crippen LogP contribution < -0.4 is 43.5 Å². The second-order valence-electron chi connectivity index (χ2n) is 10.8. The summed E-state index contributed by atoms with van der Waals surface area (Å²) < 4.78 is 51.3. The second kappa shape index (κ2) is 14.6. The van der Waals surface area contributed by atoms with Crippen molar-refractivity contribution in [3.05, 3.63) is 95.3 Å². The molecule has 0 spiro atoms. The van der Waals surface area contributed by atoms with E-state index in [1.165, 1.54) is 0 Å². The summed E-state index contributed by atoms with van der Waals surface area (Å²) in [5.74, 6) is 3.52. The molecule has 4 bridgehead atoms. The zero-order valence-electron chi connectivity index (χ0n) is 25.1. The quantitative estimate of drug-likeness (QED) is 0.0285. The molecule has 0 saturated heterocycles. The Hall–Kier alpha value is -2.82. The maximum atomic E-state index is 12.4. The molecule has 2 aromatic carbocycles. The number of halogens is 3. The van der Waals surface area contributed by atoms with E-state index in [4.69, 9.17) is 37.3 Å². The van der Waals surface area contributed by atoms with Crippen LogP contribution in [-0.4, -0.2) is 37.5 Å². The van der Waals surface area contributed by atoms with Crippen LogP contribution in [0.2, 0.25) is 0 Å². The van der Waals surface area contributed by atoms with Gasteiger partial charge >= 0.3 is 213 Å². The predicted molar refractivity (Wildman–Crippen MR) is 185 cm³/mol. The molecule has 0 radical (unpaired) electrons. The number of carbonyl (C=O) groups is 1. The van der Waals surface area contributed by atoms with Gasteiger partial charge in [-0.15, -0.1) is 0 Å². The zero-order chi connectivity index (χ0) is 33.3. The number of hydrogen-bond acceptors (Lipinski definition) is 12. The average Bonchev–Trinajstić information content (AvgIpc) is 3.35. The summed E-state index contributed by atoms with van der Waals surface area (Å²) in [7, 11) is 0. The monoisotopic (exact) mass is 993 g/mol. The molecule has 2 aliphatic heterocycles. The molecule has 0 aliphatic carbocycles. The molecule has 3 N–H and O–H groups in total. The van der Waals surface area contributed by atoms with Crippen LogP contribution >= 0.6 is 41.5 Å². The van der Waals surface area contributed by atoms with Gasteiger partial charge in [0, 0.05) is 12.1 Å². The molecule has 12 nitrogen and oxygen atoms in total. The number of benzene rings is 3. The molecule has 5 heterocycles. The number of nitrogens with one attached hydrogen (secondary N) is 2. The topological polar surface area (TPSA) is 146 Å². The van der Waals surface area contributed by atoms with Gasteiger partial charge in [-0.3, -0.25) is 0 Å². The Morgan fingerprint density at radius 1 is 0.917 bits per heavy atom. The van der Waals surface area contributed by atoms with E-state index in [1.807, 2.05) is 48.5 Å². The molecule has 15 heteroatoms. The normalized spacial score (nSPS) is 14.8. The van der Waals surface area contributed by atoms with Gasteiger partial charge in [-0.25, -0.2) is 4.79 Å². The number of aliphatic hydroxyl groups excluding tert-OH is 1. The molecule has 5 aromatic rings.